The van der Waals surface area contributed by atoms with E-state index in [9.17, 15) is 4.79 Å². The van der Waals surface area contributed by atoms with Crippen LogP contribution in [-0.4, -0.2) is 72.6 Å². The minimum Gasteiger partial charge on any atom is -0.359 e. The molecule has 0 bridgehead atoms. The molecular formula is C20H34N6O2. The van der Waals surface area contributed by atoms with Crippen molar-refractivity contribution in [3.63, 3.8) is 0 Å². The Morgan fingerprint density at radius 1 is 1.29 bits per heavy atom. The molecule has 0 spiro atoms. The van der Waals surface area contributed by atoms with Crippen molar-refractivity contribution >= 4 is 11.9 Å². The fraction of sp³-hybridized carbons (Fsp3) is 0.750. The second kappa shape index (κ2) is 9.91. The molecule has 1 aliphatic carbocycles. The zero-order valence-electron chi connectivity index (χ0n) is 17.4. The van der Waals surface area contributed by atoms with Gasteiger partial charge < -0.3 is 20.1 Å². The predicted octanol–water partition coefficient (Wildman–Crippen LogP) is 1.55. The highest BCUT2D eigenvalue weighted by Gasteiger charge is 2.26. The lowest BCUT2D eigenvalue weighted by Crippen LogP contribution is -2.54. The molecule has 2 fully saturated rings. The molecular weight excluding hydrogens is 356 g/mol. The average molecular weight is 391 g/mol. The molecule has 2 heterocycles. The van der Waals surface area contributed by atoms with E-state index >= 15 is 0 Å². The molecule has 1 aromatic heterocycles. The summed E-state index contributed by atoms with van der Waals surface area (Å²) in [6.07, 6.45) is 4.40. The van der Waals surface area contributed by atoms with Crippen LogP contribution in [0.4, 0.5) is 0 Å². The van der Waals surface area contributed by atoms with Gasteiger partial charge in [-0.1, -0.05) is 19.0 Å². The van der Waals surface area contributed by atoms with Crippen LogP contribution in [0.3, 0.4) is 0 Å². The SMILES string of the molecule is CCC(CC)c1cc(CNC(=NC)N2CCN(CC(=O)NC3CC3)CC2)on1. The molecule has 1 aliphatic heterocycles. The van der Waals surface area contributed by atoms with Crippen molar-refractivity contribution in [2.45, 2.75) is 58.0 Å². The summed E-state index contributed by atoms with van der Waals surface area (Å²) in [7, 11) is 1.80. The van der Waals surface area contributed by atoms with Crippen molar-refractivity contribution in [1.82, 2.24) is 25.6 Å². The second-order valence-corrected chi connectivity index (χ2v) is 7.74. The molecule has 1 saturated heterocycles. The van der Waals surface area contributed by atoms with E-state index in [-0.39, 0.29) is 5.91 Å². The third-order valence-electron chi connectivity index (χ3n) is 5.60. The Bertz CT molecular complexity index is 657. The molecule has 156 valence electrons. The number of carbonyl (C=O) groups is 1. The molecule has 8 heteroatoms. The lowest BCUT2D eigenvalue weighted by Gasteiger charge is -2.36. The fourth-order valence-electron chi connectivity index (χ4n) is 3.63. The topological polar surface area (TPSA) is 86.0 Å². The van der Waals surface area contributed by atoms with Gasteiger partial charge in [-0.05, 0) is 25.7 Å². The van der Waals surface area contributed by atoms with Gasteiger partial charge in [0.05, 0.1) is 18.8 Å². The van der Waals surface area contributed by atoms with Crippen LogP contribution >= 0.6 is 0 Å². The second-order valence-electron chi connectivity index (χ2n) is 7.74. The maximum absolute atomic E-state index is 12.0. The van der Waals surface area contributed by atoms with Gasteiger partial charge in [0.2, 0.25) is 5.91 Å². The zero-order valence-corrected chi connectivity index (χ0v) is 17.4. The highest BCUT2D eigenvalue weighted by Crippen LogP contribution is 2.22. The van der Waals surface area contributed by atoms with Gasteiger partial charge in [-0.25, -0.2) is 0 Å². The van der Waals surface area contributed by atoms with Gasteiger partial charge in [-0.2, -0.15) is 0 Å². The number of aliphatic imine (C=N–C) groups is 1. The van der Waals surface area contributed by atoms with Crippen LogP contribution in [0.5, 0.6) is 0 Å². The van der Waals surface area contributed by atoms with Gasteiger partial charge in [0.15, 0.2) is 11.7 Å². The van der Waals surface area contributed by atoms with Crippen LogP contribution < -0.4 is 10.6 Å². The Morgan fingerprint density at radius 3 is 2.61 bits per heavy atom. The first-order valence-corrected chi connectivity index (χ1v) is 10.6. The number of hydrogen-bond donors (Lipinski definition) is 2. The van der Waals surface area contributed by atoms with E-state index in [1.165, 1.54) is 0 Å². The fourth-order valence-corrected chi connectivity index (χ4v) is 3.63. The monoisotopic (exact) mass is 390 g/mol. The standard InChI is InChI=1S/C20H34N6O2/c1-4-15(5-2)18-12-17(28-24-18)13-22-20(21-3)26-10-8-25(9-11-26)14-19(27)23-16-6-7-16/h12,15-16H,4-11,13-14H2,1-3H3,(H,21,22)(H,23,27). The Hall–Kier alpha value is -2.09. The molecule has 0 radical (unpaired) electrons. The number of nitrogens with zero attached hydrogens (tertiary/aromatic N) is 4. The first kappa shape index (κ1) is 20.6. The summed E-state index contributed by atoms with van der Waals surface area (Å²) in [5.41, 5.74) is 1.04. The Labute approximate surface area is 167 Å². The Morgan fingerprint density at radius 2 is 2.00 bits per heavy atom. The molecule has 1 saturated carbocycles. The van der Waals surface area contributed by atoms with E-state index in [2.05, 4.69) is 44.4 Å². The van der Waals surface area contributed by atoms with Crippen molar-refractivity contribution in [1.29, 1.82) is 0 Å². The van der Waals surface area contributed by atoms with Gasteiger partial charge in [0.25, 0.3) is 0 Å². The maximum atomic E-state index is 12.0. The van der Waals surface area contributed by atoms with Crippen LogP contribution in [0.25, 0.3) is 0 Å². The van der Waals surface area contributed by atoms with Crippen molar-refractivity contribution in [3.05, 3.63) is 17.5 Å². The van der Waals surface area contributed by atoms with E-state index in [1.807, 2.05) is 6.07 Å². The van der Waals surface area contributed by atoms with Crippen molar-refractivity contribution in [3.8, 4) is 0 Å². The Kier molecular flexibility index (Phi) is 7.30. The van der Waals surface area contributed by atoms with Crippen LogP contribution in [0.2, 0.25) is 0 Å². The molecule has 8 nitrogen and oxygen atoms in total. The lowest BCUT2D eigenvalue weighted by molar-refractivity contribution is -0.122. The molecule has 0 unspecified atom stereocenters. The number of aromatic nitrogens is 1. The van der Waals surface area contributed by atoms with Crippen molar-refractivity contribution < 1.29 is 9.32 Å². The molecule has 0 atom stereocenters. The zero-order chi connectivity index (χ0) is 19.9. The number of rotatable bonds is 8. The molecule has 1 aromatic rings. The van der Waals surface area contributed by atoms with Gasteiger partial charge >= 0.3 is 0 Å². The number of carbonyl (C=O) groups excluding carboxylic acids is 1. The van der Waals surface area contributed by atoms with Gasteiger partial charge in [0, 0.05) is 51.3 Å². The van der Waals surface area contributed by atoms with E-state index in [0.29, 0.717) is 25.0 Å². The van der Waals surface area contributed by atoms with Gasteiger partial charge in [-0.3, -0.25) is 14.7 Å². The number of piperazine rings is 1. The van der Waals surface area contributed by atoms with E-state index in [0.717, 1.165) is 69.3 Å². The largest absolute Gasteiger partial charge is 0.359 e. The van der Waals surface area contributed by atoms with Crippen LogP contribution in [0.1, 0.15) is 56.9 Å². The number of amides is 1. The quantitative estimate of drug-likeness (QED) is 0.517. The summed E-state index contributed by atoms with van der Waals surface area (Å²) >= 11 is 0. The average Bonchev–Trinajstić information content (AvgIpc) is 3.39. The summed E-state index contributed by atoms with van der Waals surface area (Å²) in [4.78, 5) is 20.8. The number of guanidine groups is 1. The minimum absolute atomic E-state index is 0.150. The summed E-state index contributed by atoms with van der Waals surface area (Å²) < 4.78 is 5.49. The molecule has 0 aromatic carbocycles. The normalized spacial score (nSPS) is 18.6. The molecule has 2 aliphatic rings. The van der Waals surface area contributed by atoms with Gasteiger partial charge in [-0.15, -0.1) is 0 Å². The van der Waals surface area contributed by atoms with Gasteiger partial charge in [0.1, 0.15) is 0 Å². The van der Waals surface area contributed by atoms with Crippen molar-refractivity contribution in [2.75, 3.05) is 39.8 Å². The highest BCUT2D eigenvalue weighted by atomic mass is 16.5. The maximum Gasteiger partial charge on any atom is 0.234 e. The number of hydrogen-bond acceptors (Lipinski definition) is 5. The molecule has 3 rings (SSSR count). The summed E-state index contributed by atoms with van der Waals surface area (Å²) in [6, 6.07) is 2.48. The van der Waals surface area contributed by atoms with Crippen LogP contribution in [-0.2, 0) is 11.3 Å². The van der Waals surface area contributed by atoms with Crippen molar-refractivity contribution in [2.24, 2.45) is 4.99 Å². The summed E-state index contributed by atoms with van der Waals surface area (Å²) in [5.74, 6) is 2.31. The third-order valence-corrected chi connectivity index (χ3v) is 5.60. The first-order chi connectivity index (χ1) is 13.6. The first-order valence-electron chi connectivity index (χ1n) is 10.6. The highest BCUT2D eigenvalue weighted by molar-refractivity contribution is 5.80. The predicted molar refractivity (Wildman–Crippen MR) is 109 cm³/mol. The molecule has 1 amide bonds. The third kappa shape index (κ3) is 5.70. The molecule has 2 N–H and O–H groups in total. The number of nitrogens with one attached hydrogen (secondary N) is 2. The lowest BCUT2D eigenvalue weighted by atomic mass is 9.99. The van der Waals surface area contributed by atoms with E-state index in [4.69, 9.17) is 4.52 Å². The van der Waals surface area contributed by atoms with Crippen LogP contribution in [0, 0.1) is 0 Å². The Balaban J connectivity index is 1.42. The van der Waals surface area contributed by atoms with Crippen LogP contribution in [0.15, 0.2) is 15.6 Å². The molecule has 28 heavy (non-hydrogen) atoms. The smallest absolute Gasteiger partial charge is 0.234 e. The minimum atomic E-state index is 0.150. The summed E-state index contributed by atoms with van der Waals surface area (Å²) in [6.45, 7) is 8.85. The van der Waals surface area contributed by atoms with E-state index in [1.54, 1.807) is 7.05 Å². The van der Waals surface area contributed by atoms with E-state index < -0.39 is 0 Å². The summed E-state index contributed by atoms with van der Waals surface area (Å²) in [5, 5.41) is 10.7.